The molecule has 1 fully saturated rings. The summed E-state index contributed by atoms with van der Waals surface area (Å²) in [6.45, 7) is 6.51. The monoisotopic (exact) mass is 258 g/mol. The van der Waals surface area contributed by atoms with Gasteiger partial charge in [-0.2, -0.15) is 0 Å². The van der Waals surface area contributed by atoms with Gasteiger partial charge in [-0.3, -0.25) is 4.79 Å². The molecular formula is C12H22N2O4. The minimum atomic E-state index is -0.883. The van der Waals surface area contributed by atoms with E-state index in [1.807, 2.05) is 0 Å². The first-order valence-electron chi connectivity index (χ1n) is 6.07. The number of carbonyl (C=O) groups excluding carboxylic acids is 1. The molecule has 0 aromatic carbocycles. The second-order valence-corrected chi connectivity index (χ2v) is 5.93. The molecule has 0 aromatic heterocycles. The third-order valence-corrected chi connectivity index (χ3v) is 3.05. The van der Waals surface area contributed by atoms with Crippen molar-refractivity contribution in [1.29, 1.82) is 0 Å². The van der Waals surface area contributed by atoms with Gasteiger partial charge in [0.15, 0.2) is 0 Å². The summed E-state index contributed by atoms with van der Waals surface area (Å²) in [5.41, 5.74) is 4.61. The zero-order valence-electron chi connectivity index (χ0n) is 11.2. The van der Waals surface area contributed by atoms with Gasteiger partial charge in [-0.1, -0.05) is 0 Å². The summed E-state index contributed by atoms with van der Waals surface area (Å²) in [5, 5.41) is 8.89. The van der Waals surface area contributed by atoms with Crippen molar-refractivity contribution in [2.75, 3.05) is 19.6 Å². The summed E-state index contributed by atoms with van der Waals surface area (Å²) in [6.07, 6.45) is 0.195. The first-order valence-corrected chi connectivity index (χ1v) is 6.07. The molecule has 1 aliphatic rings. The van der Waals surface area contributed by atoms with Crippen molar-refractivity contribution >= 4 is 12.1 Å². The molecule has 18 heavy (non-hydrogen) atoms. The molecule has 3 N–H and O–H groups in total. The van der Waals surface area contributed by atoms with Crippen LogP contribution in [0.5, 0.6) is 0 Å². The minimum Gasteiger partial charge on any atom is -0.481 e. The molecule has 6 nitrogen and oxygen atoms in total. The Balaban J connectivity index is 2.64. The Labute approximate surface area is 107 Å². The minimum absolute atomic E-state index is 0.0111. The summed E-state index contributed by atoms with van der Waals surface area (Å²) in [7, 11) is 0. The molecule has 104 valence electrons. The van der Waals surface area contributed by atoms with Crippen molar-refractivity contribution in [3.05, 3.63) is 0 Å². The number of rotatable bonds is 3. The lowest BCUT2D eigenvalue weighted by Crippen LogP contribution is -2.40. The molecule has 0 aromatic rings. The summed E-state index contributed by atoms with van der Waals surface area (Å²) in [4.78, 5) is 24.2. The lowest BCUT2D eigenvalue weighted by Gasteiger charge is -2.27. The van der Waals surface area contributed by atoms with Crippen molar-refractivity contribution in [2.24, 2.45) is 11.1 Å². The molecule has 1 heterocycles. The number of likely N-dealkylation sites (tertiary alicyclic amines) is 1. The largest absolute Gasteiger partial charge is 0.481 e. The molecular weight excluding hydrogens is 236 g/mol. The van der Waals surface area contributed by atoms with Crippen LogP contribution >= 0.6 is 0 Å². The standard InChI is InChI=1S/C12H22N2O4/c1-11(2,3)18-10(17)14-5-4-12(7-13,8-14)6-9(15)16/h4-8,13H2,1-3H3,(H,15,16). The highest BCUT2D eigenvalue weighted by molar-refractivity contribution is 5.70. The summed E-state index contributed by atoms with van der Waals surface area (Å²) >= 11 is 0. The predicted octanol–water partition coefficient (Wildman–Crippen LogP) is 1.05. The number of carboxylic acid groups (broad SMARTS) is 1. The maximum Gasteiger partial charge on any atom is 0.410 e. The molecule has 0 radical (unpaired) electrons. The van der Waals surface area contributed by atoms with Crippen LogP contribution in [0.3, 0.4) is 0 Å². The molecule has 1 saturated heterocycles. The molecule has 0 bridgehead atoms. The smallest absolute Gasteiger partial charge is 0.410 e. The first kappa shape index (κ1) is 14.8. The highest BCUT2D eigenvalue weighted by Crippen LogP contribution is 2.33. The van der Waals surface area contributed by atoms with E-state index in [1.54, 1.807) is 25.7 Å². The average Bonchev–Trinajstić information content (AvgIpc) is 2.59. The number of carbonyl (C=O) groups is 2. The second-order valence-electron chi connectivity index (χ2n) is 5.93. The third kappa shape index (κ3) is 3.87. The Morgan fingerprint density at radius 2 is 2.06 bits per heavy atom. The number of amides is 1. The van der Waals surface area contributed by atoms with Crippen LogP contribution in [-0.2, 0) is 9.53 Å². The van der Waals surface area contributed by atoms with Gasteiger partial charge in [0.05, 0.1) is 6.42 Å². The quantitative estimate of drug-likeness (QED) is 0.789. The SMILES string of the molecule is CC(C)(C)OC(=O)N1CCC(CN)(CC(=O)O)C1. The van der Waals surface area contributed by atoms with E-state index in [1.165, 1.54) is 0 Å². The molecule has 0 saturated carbocycles. The summed E-state index contributed by atoms with van der Waals surface area (Å²) in [6, 6.07) is 0. The van der Waals surface area contributed by atoms with Gasteiger partial charge in [0.1, 0.15) is 5.60 Å². The molecule has 6 heteroatoms. The predicted molar refractivity (Wildman–Crippen MR) is 66.2 cm³/mol. The van der Waals surface area contributed by atoms with Crippen molar-refractivity contribution in [3.63, 3.8) is 0 Å². The second kappa shape index (κ2) is 5.14. The lowest BCUT2D eigenvalue weighted by molar-refractivity contribution is -0.139. The molecule has 1 amide bonds. The fourth-order valence-corrected chi connectivity index (χ4v) is 2.12. The summed E-state index contributed by atoms with van der Waals surface area (Å²) in [5.74, 6) is -0.883. The number of nitrogens with two attached hydrogens (primary N) is 1. The third-order valence-electron chi connectivity index (χ3n) is 3.05. The number of hydrogen-bond acceptors (Lipinski definition) is 4. The molecule has 1 unspecified atom stereocenters. The molecule has 0 spiro atoms. The van der Waals surface area contributed by atoms with Crippen molar-refractivity contribution in [3.8, 4) is 0 Å². The van der Waals surface area contributed by atoms with Crippen molar-refractivity contribution in [2.45, 2.75) is 39.2 Å². The van der Waals surface area contributed by atoms with E-state index < -0.39 is 23.1 Å². The molecule has 1 atom stereocenters. The van der Waals surface area contributed by atoms with Crippen LogP contribution in [-0.4, -0.2) is 47.3 Å². The van der Waals surface area contributed by atoms with Gasteiger partial charge in [-0.25, -0.2) is 4.79 Å². The number of carboxylic acids is 1. The highest BCUT2D eigenvalue weighted by atomic mass is 16.6. The van der Waals surface area contributed by atoms with E-state index in [-0.39, 0.29) is 13.0 Å². The Hall–Kier alpha value is -1.30. The number of ether oxygens (including phenoxy) is 1. The highest BCUT2D eigenvalue weighted by Gasteiger charge is 2.41. The van der Waals surface area contributed by atoms with Gasteiger partial charge < -0.3 is 20.5 Å². The van der Waals surface area contributed by atoms with Crippen LogP contribution in [0, 0.1) is 5.41 Å². The Morgan fingerprint density at radius 3 is 2.50 bits per heavy atom. The van der Waals surface area contributed by atoms with Crippen LogP contribution in [0.4, 0.5) is 4.79 Å². The average molecular weight is 258 g/mol. The zero-order valence-corrected chi connectivity index (χ0v) is 11.2. The Bertz CT molecular complexity index is 337. The number of nitrogens with zero attached hydrogens (tertiary/aromatic N) is 1. The van der Waals surface area contributed by atoms with Crippen molar-refractivity contribution < 1.29 is 19.4 Å². The lowest BCUT2D eigenvalue weighted by atomic mass is 9.84. The van der Waals surface area contributed by atoms with Crippen LogP contribution < -0.4 is 5.73 Å². The Morgan fingerprint density at radius 1 is 1.44 bits per heavy atom. The Kier molecular flexibility index (Phi) is 4.21. The van der Waals surface area contributed by atoms with Gasteiger partial charge in [0.2, 0.25) is 0 Å². The molecule has 1 rings (SSSR count). The van der Waals surface area contributed by atoms with Gasteiger partial charge in [-0.15, -0.1) is 0 Å². The van der Waals surface area contributed by atoms with Gasteiger partial charge in [0, 0.05) is 25.0 Å². The zero-order chi connectivity index (χ0) is 14.0. The van der Waals surface area contributed by atoms with E-state index >= 15 is 0 Å². The maximum absolute atomic E-state index is 11.9. The topological polar surface area (TPSA) is 92.9 Å². The van der Waals surface area contributed by atoms with Crippen LogP contribution in [0.2, 0.25) is 0 Å². The van der Waals surface area contributed by atoms with Crippen LogP contribution in [0.1, 0.15) is 33.6 Å². The number of hydrogen-bond donors (Lipinski definition) is 2. The number of aliphatic carboxylic acids is 1. The van der Waals surface area contributed by atoms with E-state index in [9.17, 15) is 9.59 Å². The van der Waals surface area contributed by atoms with Crippen molar-refractivity contribution in [1.82, 2.24) is 4.90 Å². The van der Waals surface area contributed by atoms with E-state index in [0.29, 0.717) is 19.5 Å². The fraction of sp³-hybridized carbons (Fsp3) is 0.833. The van der Waals surface area contributed by atoms with E-state index in [2.05, 4.69) is 0 Å². The van der Waals surface area contributed by atoms with Gasteiger partial charge in [-0.05, 0) is 27.2 Å². The van der Waals surface area contributed by atoms with E-state index in [4.69, 9.17) is 15.6 Å². The van der Waals surface area contributed by atoms with E-state index in [0.717, 1.165) is 0 Å². The van der Waals surface area contributed by atoms with Gasteiger partial charge in [0.25, 0.3) is 0 Å². The van der Waals surface area contributed by atoms with Gasteiger partial charge >= 0.3 is 12.1 Å². The van der Waals surface area contributed by atoms with Crippen LogP contribution in [0.15, 0.2) is 0 Å². The molecule has 0 aliphatic carbocycles. The maximum atomic E-state index is 11.9. The fourth-order valence-electron chi connectivity index (χ4n) is 2.12. The molecule has 1 aliphatic heterocycles. The van der Waals surface area contributed by atoms with Crippen LogP contribution in [0.25, 0.3) is 0 Å². The summed E-state index contributed by atoms with van der Waals surface area (Å²) < 4.78 is 5.26. The normalized spacial score (nSPS) is 24.1. The first-order chi connectivity index (χ1) is 8.17.